The topological polar surface area (TPSA) is 73.9 Å². The standard InChI is InChI=1S/C16H14F3NO5S/c1-10(11-2-7-14-15(8-11)24-9-23-14)20-26(21,22)13-5-3-12(4-6-13)25-16(17,18)19/h2-8,10,20H,9H2,1H3/t10-/m1/s1. The number of hydrogen-bond donors (Lipinski definition) is 1. The van der Waals surface area contributed by atoms with Crippen LogP contribution in [0.3, 0.4) is 0 Å². The first-order valence-electron chi connectivity index (χ1n) is 7.42. The lowest BCUT2D eigenvalue weighted by Crippen LogP contribution is -2.27. The van der Waals surface area contributed by atoms with Crippen LogP contribution in [0.4, 0.5) is 13.2 Å². The van der Waals surface area contributed by atoms with Gasteiger partial charge in [0.25, 0.3) is 0 Å². The molecule has 0 spiro atoms. The number of hydrogen-bond acceptors (Lipinski definition) is 5. The first-order valence-corrected chi connectivity index (χ1v) is 8.90. The van der Waals surface area contributed by atoms with Crippen molar-refractivity contribution < 1.29 is 35.8 Å². The second kappa shape index (κ2) is 6.69. The molecule has 10 heteroatoms. The minimum absolute atomic E-state index is 0.102. The van der Waals surface area contributed by atoms with Gasteiger partial charge >= 0.3 is 6.36 Å². The van der Waals surface area contributed by atoms with Gasteiger partial charge in [-0.25, -0.2) is 13.1 Å². The van der Waals surface area contributed by atoms with Crippen molar-refractivity contribution >= 4 is 10.0 Å². The molecule has 0 fully saturated rings. The van der Waals surface area contributed by atoms with Gasteiger partial charge in [0.05, 0.1) is 4.90 Å². The Labute approximate surface area is 147 Å². The number of rotatable bonds is 5. The van der Waals surface area contributed by atoms with Crippen LogP contribution in [-0.4, -0.2) is 21.6 Å². The van der Waals surface area contributed by atoms with Gasteiger partial charge in [0, 0.05) is 6.04 Å². The molecule has 0 aliphatic carbocycles. The van der Waals surface area contributed by atoms with Gasteiger partial charge < -0.3 is 14.2 Å². The number of fused-ring (bicyclic) bond motifs is 1. The Hall–Kier alpha value is -2.46. The maximum Gasteiger partial charge on any atom is 0.573 e. The van der Waals surface area contributed by atoms with Crippen molar-refractivity contribution in [2.45, 2.75) is 24.2 Å². The van der Waals surface area contributed by atoms with Crippen LogP contribution in [0, 0.1) is 0 Å². The SMILES string of the molecule is C[C@@H](NS(=O)(=O)c1ccc(OC(F)(F)F)cc1)c1ccc2c(c1)OCO2. The number of nitrogens with one attached hydrogen (secondary N) is 1. The summed E-state index contributed by atoms with van der Waals surface area (Å²) in [5.74, 6) is 0.589. The Morgan fingerprint density at radius 2 is 1.73 bits per heavy atom. The minimum Gasteiger partial charge on any atom is -0.454 e. The van der Waals surface area contributed by atoms with E-state index in [-0.39, 0.29) is 11.7 Å². The Bertz CT molecular complexity index is 897. The highest BCUT2D eigenvalue weighted by atomic mass is 32.2. The molecule has 2 aromatic carbocycles. The van der Waals surface area contributed by atoms with Crippen molar-refractivity contribution in [1.29, 1.82) is 0 Å². The van der Waals surface area contributed by atoms with E-state index >= 15 is 0 Å². The van der Waals surface area contributed by atoms with Crippen molar-refractivity contribution in [3.05, 3.63) is 48.0 Å². The molecule has 0 saturated carbocycles. The van der Waals surface area contributed by atoms with Crippen molar-refractivity contribution in [1.82, 2.24) is 4.72 Å². The summed E-state index contributed by atoms with van der Waals surface area (Å²) in [6.07, 6.45) is -4.84. The lowest BCUT2D eigenvalue weighted by Gasteiger charge is -2.15. The zero-order valence-electron chi connectivity index (χ0n) is 13.4. The van der Waals surface area contributed by atoms with Gasteiger partial charge in [-0.2, -0.15) is 0 Å². The first-order chi connectivity index (χ1) is 12.1. The first kappa shape index (κ1) is 18.3. The molecule has 1 aliphatic heterocycles. The summed E-state index contributed by atoms with van der Waals surface area (Å²) in [5.41, 5.74) is 0.648. The summed E-state index contributed by atoms with van der Waals surface area (Å²) in [4.78, 5) is -0.181. The lowest BCUT2D eigenvalue weighted by atomic mass is 10.1. The molecule has 0 bridgehead atoms. The van der Waals surface area contributed by atoms with Gasteiger partial charge in [-0.15, -0.1) is 13.2 Å². The van der Waals surface area contributed by atoms with E-state index in [1.54, 1.807) is 25.1 Å². The summed E-state index contributed by atoms with van der Waals surface area (Å²) in [7, 11) is -3.94. The molecule has 3 rings (SSSR count). The Kier molecular flexibility index (Phi) is 4.72. The minimum atomic E-state index is -4.84. The average molecular weight is 389 g/mol. The van der Waals surface area contributed by atoms with E-state index in [1.807, 2.05) is 0 Å². The summed E-state index contributed by atoms with van der Waals surface area (Å²) in [6.45, 7) is 1.74. The van der Waals surface area contributed by atoms with E-state index < -0.39 is 28.2 Å². The highest BCUT2D eigenvalue weighted by Crippen LogP contribution is 2.34. The number of alkyl halides is 3. The third-order valence-electron chi connectivity index (χ3n) is 3.60. The van der Waals surface area contributed by atoms with E-state index in [9.17, 15) is 21.6 Å². The number of benzene rings is 2. The van der Waals surface area contributed by atoms with Gasteiger partial charge in [0.15, 0.2) is 11.5 Å². The van der Waals surface area contributed by atoms with Crippen molar-refractivity contribution in [2.24, 2.45) is 0 Å². The summed E-state index contributed by atoms with van der Waals surface area (Å²) < 4.78 is 77.9. The van der Waals surface area contributed by atoms with Gasteiger partial charge in [-0.1, -0.05) is 6.07 Å². The van der Waals surface area contributed by atoms with Crippen LogP contribution in [-0.2, 0) is 10.0 Å². The third-order valence-corrected chi connectivity index (χ3v) is 5.15. The molecule has 140 valence electrons. The number of halogens is 3. The monoisotopic (exact) mass is 389 g/mol. The Morgan fingerprint density at radius 1 is 1.08 bits per heavy atom. The van der Waals surface area contributed by atoms with Gasteiger partial charge in [-0.3, -0.25) is 0 Å². The van der Waals surface area contributed by atoms with Gasteiger partial charge in [0.1, 0.15) is 5.75 Å². The zero-order valence-corrected chi connectivity index (χ0v) is 14.2. The Morgan fingerprint density at radius 3 is 2.38 bits per heavy atom. The molecular weight excluding hydrogens is 375 g/mol. The third kappa shape index (κ3) is 4.20. The molecule has 1 N–H and O–H groups in total. The van der Waals surface area contributed by atoms with Crippen molar-refractivity contribution in [2.75, 3.05) is 6.79 Å². The van der Waals surface area contributed by atoms with Crippen LogP contribution in [0.2, 0.25) is 0 Å². The van der Waals surface area contributed by atoms with E-state index in [0.717, 1.165) is 24.3 Å². The lowest BCUT2D eigenvalue weighted by molar-refractivity contribution is -0.274. The molecule has 0 amide bonds. The van der Waals surface area contributed by atoms with E-state index in [2.05, 4.69) is 9.46 Å². The summed E-state index contributed by atoms with van der Waals surface area (Å²) >= 11 is 0. The predicted molar refractivity (Wildman–Crippen MR) is 84.4 cm³/mol. The molecule has 1 atom stereocenters. The molecule has 0 unspecified atom stereocenters. The molecule has 0 radical (unpaired) electrons. The van der Waals surface area contributed by atoms with Crippen LogP contribution in [0.15, 0.2) is 47.4 Å². The maximum absolute atomic E-state index is 12.4. The molecule has 1 aliphatic rings. The fraction of sp³-hybridized carbons (Fsp3) is 0.250. The molecule has 26 heavy (non-hydrogen) atoms. The smallest absolute Gasteiger partial charge is 0.454 e. The molecular formula is C16H14F3NO5S. The Balaban J connectivity index is 1.74. The summed E-state index contributed by atoms with van der Waals surface area (Å²) in [6, 6.07) is 8.38. The van der Waals surface area contributed by atoms with E-state index in [4.69, 9.17) is 9.47 Å². The fourth-order valence-corrected chi connectivity index (χ4v) is 3.60. The van der Waals surface area contributed by atoms with E-state index in [0.29, 0.717) is 17.1 Å². The van der Waals surface area contributed by atoms with Gasteiger partial charge in [0.2, 0.25) is 16.8 Å². The number of ether oxygens (including phenoxy) is 3. The normalized spacial score (nSPS) is 14.9. The molecule has 0 saturated heterocycles. The highest BCUT2D eigenvalue weighted by Gasteiger charge is 2.31. The second-order valence-electron chi connectivity index (χ2n) is 5.47. The maximum atomic E-state index is 12.4. The predicted octanol–water partition coefficient (Wildman–Crippen LogP) is 3.35. The van der Waals surface area contributed by atoms with Crippen LogP contribution in [0.1, 0.15) is 18.5 Å². The zero-order chi connectivity index (χ0) is 18.9. The quantitative estimate of drug-likeness (QED) is 0.849. The average Bonchev–Trinajstić information content (AvgIpc) is 3.01. The van der Waals surface area contributed by atoms with Crippen molar-refractivity contribution in [3.8, 4) is 17.2 Å². The molecule has 2 aromatic rings. The second-order valence-corrected chi connectivity index (χ2v) is 7.19. The van der Waals surface area contributed by atoms with Crippen LogP contribution in [0.5, 0.6) is 17.2 Å². The number of sulfonamides is 1. The van der Waals surface area contributed by atoms with E-state index in [1.165, 1.54) is 0 Å². The molecule has 0 aromatic heterocycles. The van der Waals surface area contributed by atoms with Crippen LogP contribution >= 0.6 is 0 Å². The largest absolute Gasteiger partial charge is 0.573 e. The van der Waals surface area contributed by atoms with Gasteiger partial charge in [-0.05, 0) is 48.9 Å². The van der Waals surface area contributed by atoms with Crippen LogP contribution in [0.25, 0.3) is 0 Å². The molecule has 1 heterocycles. The highest BCUT2D eigenvalue weighted by molar-refractivity contribution is 7.89. The van der Waals surface area contributed by atoms with Crippen LogP contribution < -0.4 is 18.9 Å². The fourth-order valence-electron chi connectivity index (χ4n) is 2.37. The molecule has 6 nitrogen and oxygen atoms in total. The summed E-state index contributed by atoms with van der Waals surface area (Å²) in [5, 5.41) is 0. The van der Waals surface area contributed by atoms with Crippen molar-refractivity contribution in [3.63, 3.8) is 0 Å².